The third-order valence-electron chi connectivity index (χ3n) is 3.59. The average Bonchev–Trinajstić information content (AvgIpc) is 2.32. The summed E-state index contributed by atoms with van der Waals surface area (Å²) in [6.45, 7) is 5.58. The highest BCUT2D eigenvalue weighted by molar-refractivity contribution is 5.42. The first kappa shape index (κ1) is 12.3. The first-order chi connectivity index (χ1) is 8.11. The highest BCUT2D eigenvalue weighted by Crippen LogP contribution is 2.22. The SMILES string of the molecule is Cc1nc(N2CCC(C)C(O)C2)ccc1CO. The Morgan fingerprint density at radius 2 is 2.24 bits per heavy atom. The van der Waals surface area contributed by atoms with Gasteiger partial charge < -0.3 is 15.1 Å². The lowest BCUT2D eigenvalue weighted by molar-refractivity contribution is 0.102. The van der Waals surface area contributed by atoms with Gasteiger partial charge in [-0.25, -0.2) is 4.98 Å². The molecule has 1 saturated heterocycles. The first-order valence-electron chi connectivity index (χ1n) is 6.12. The Morgan fingerprint density at radius 3 is 2.82 bits per heavy atom. The zero-order valence-corrected chi connectivity index (χ0v) is 10.4. The summed E-state index contributed by atoms with van der Waals surface area (Å²) in [5, 5.41) is 19.0. The van der Waals surface area contributed by atoms with Crippen molar-refractivity contribution in [1.29, 1.82) is 0 Å². The van der Waals surface area contributed by atoms with E-state index in [1.807, 2.05) is 19.1 Å². The van der Waals surface area contributed by atoms with Gasteiger partial charge in [0.1, 0.15) is 5.82 Å². The van der Waals surface area contributed by atoms with Crippen LogP contribution in [0, 0.1) is 12.8 Å². The van der Waals surface area contributed by atoms with Gasteiger partial charge in [0.2, 0.25) is 0 Å². The van der Waals surface area contributed by atoms with Crippen LogP contribution < -0.4 is 4.90 Å². The number of pyridine rings is 1. The summed E-state index contributed by atoms with van der Waals surface area (Å²) < 4.78 is 0. The molecule has 94 valence electrons. The molecule has 0 amide bonds. The second kappa shape index (κ2) is 5.02. The van der Waals surface area contributed by atoms with Crippen molar-refractivity contribution in [3.63, 3.8) is 0 Å². The summed E-state index contributed by atoms with van der Waals surface area (Å²) in [5.74, 6) is 1.26. The zero-order valence-electron chi connectivity index (χ0n) is 10.4. The van der Waals surface area contributed by atoms with Crippen molar-refractivity contribution in [2.75, 3.05) is 18.0 Å². The van der Waals surface area contributed by atoms with E-state index in [0.717, 1.165) is 30.0 Å². The number of aliphatic hydroxyl groups excluding tert-OH is 2. The number of nitrogens with zero attached hydrogens (tertiary/aromatic N) is 2. The molecular formula is C13H20N2O2. The summed E-state index contributed by atoms with van der Waals surface area (Å²) in [6, 6.07) is 3.82. The van der Waals surface area contributed by atoms with E-state index in [-0.39, 0.29) is 12.7 Å². The van der Waals surface area contributed by atoms with Crippen molar-refractivity contribution in [3.05, 3.63) is 23.4 Å². The zero-order chi connectivity index (χ0) is 12.4. The van der Waals surface area contributed by atoms with Crippen LogP contribution in [0.3, 0.4) is 0 Å². The number of aromatic nitrogens is 1. The second-order valence-corrected chi connectivity index (χ2v) is 4.85. The average molecular weight is 236 g/mol. The number of anilines is 1. The van der Waals surface area contributed by atoms with Crippen LogP contribution in [-0.4, -0.2) is 34.4 Å². The third kappa shape index (κ3) is 2.58. The van der Waals surface area contributed by atoms with Crippen molar-refractivity contribution in [1.82, 2.24) is 4.98 Å². The molecule has 0 spiro atoms. The van der Waals surface area contributed by atoms with Gasteiger partial charge in [-0.2, -0.15) is 0 Å². The fraction of sp³-hybridized carbons (Fsp3) is 0.615. The van der Waals surface area contributed by atoms with Crippen molar-refractivity contribution < 1.29 is 10.2 Å². The molecule has 0 aromatic carbocycles. The molecule has 0 radical (unpaired) electrons. The molecular weight excluding hydrogens is 216 g/mol. The molecule has 2 N–H and O–H groups in total. The predicted molar refractivity (Wildman–Crippen MR) is 66.9 cm³/mol. The lowest BCUT2D eigenvalue weighted by Gasteiger charge is -2.35. The van der Waals surface area contributed by atoms with Crippen LogP contribution in [0.5, 0.6) is 0 Å². The van der Waals surface area contributed by atoms with Crippen molar-refractivity contribution >= 4 is 5.82 Å². The molecule has 1 aliphatic heterocycles. The van der Waals surface area contributed by atoms with E-state index in [1.54, 1.807) is 0 Å². The molecule has 2 heterocycles. The van der Waals surface area contributed by atoms with E-state index in [2.05, 4.69) is 16.8 Å². The van der Waals surface area contributed by atoms with E-state index in [1.165, 1.54) is 0 Å². The molecule has 17 heavy (non-hydrogen) atoms. The molecule has 0 bridgehead atoms. The maximum atomic E-state index is 9.87. The second-order valence-electron chi connectivity index (χ2n) is 4.85. The van der Waals surface area contributed by atoms with E-state index in [4.69, 9.17) is 5.11 Å². The number of hydrogen-bond donors (Lipinski definition) is 2. The summed E-state index contributed by atoms with van der Waals surface area (Å²) >= 11 is 0. The van der Waals surface area contributed by atoms with Gasteiger partial charge in [-0.1, -0.05) is 13.0 Å². The molecule has 1 aromatic heterocycles. The summed E-state index contributed by atoms with van der Waals surface area (Å²) in [6.07, 6.45) is 0.715. The van der Waals surface area contributed by atoms with Crippen LogP contribution >= 0.6 is 0 Å². The smallest absolute Gasteiger partial charge is 0.128 e. The van der Waals surface area contributed by atoms with Crippen molar-refractivity contribution in [2.24, 2.45) is 5.92 Å². The highest BCUT2D eigenvalue weighted by atomic mass is 16.3. The van der Waals surface area contributed by atoms with Gasteiger partial charge >= 0.3 is 0 Å². The standard InChI is InChI=1S/C13H20N2O2/c1-9-5-6-15(7-12(9)17)13-4-3-11(8-16)10(2)14-13/h3-4,9,12,16-17H,5-8H2,1-2H3. The minimum atomic E-state index is -0.275. The minimum absolute atomic E-state index is 0.0266. The van der Waals surface area contributed by atoms with Crippen molar-refractivity contribution in [3.8, 4) is 0 Å². The molecule has 1 aliphatic rings. The lowest BCUT2D eigenvalue weighted by atomic mass is 9.96. The minimum Gasteiger partial charge on any atom is -0.392 e. The van der Waals surface area contributed by atoms with Gasteiger partial charge in [0.15, 0.2) is 0 Å². The van der Waals surface area contributed by atoms with Gasteiger partial charge in [0.25, 0.3) is 0 Å². The monoisotopic (exact) mass is 236 g/mol. The highest BCUT2D eigenvalue weighted by Gasteiger charge is 2.25. The van der Waals surface area contributed by atoms with Gasteiger partial charge in [-0.15, -0.1) is 0 Å². The largest absolute Gasteiger partial charge is 0.392 e. The fourth-order valence-corrected chi connectivity index (χ4v) is 2.18. The van der Waals surface area contributed by atoms with Crippen LogP contribution in [-0.2, 0) is 6.61 Å². The van der Waals surface area contributed by atoms with E-state index >= 15 is 0 Å². The van der Waals surface area contributed by atoms with E-state index < -0.39 is 0 Å². The number of rotatable bonds is 2. The first-order valence-corrected chi connectivity index (χ1v) is 6.12. The van der Waals surface area contributed by atoms with Gasteiger partial charge in [-0.3, -0.25) is 0 Å². The summed E-state index contributed by atoms with van der Waals surface area (Å²) in [7, 11) is 0. The van der Waals surface area contributed by atoms with Crippen LogP contribution in [0.15, 0.2) is 12.1 Å². The van der Waals surface area contributed by atoms with Crippen molar-refractivity contribution in [2.45, 2.75) is 33.0 Å². The fourth-order valence-electron chi connectivity index (χ4n) is 2.18. The molecule has 1 aromatic rings. The maximum absolute atomic E-state index is 9.87. The Kier molecular flexibility index (Phi) is 3.64. The number of piperidine rings is 1. The Bertz CT molecular complexity index is 395. The Balaban J connectivity index is 2.15. The van der Waals surface area contributed by atoms with Gasteiger partial charge in [0, 0.05) is 18.8 Å². The maximum Gasteiger partial charge on any atom is 0.128 e. The van der Waals surface area contributed by atoms with Crippen LogP contribution in [0.4, 0.5) is 5.82 Å². The van der Waals surface area contributed by atoms with Crippen LogP contribution in [0.25, 0.3) is 0 Å². The normalized spacial score (nSPS) is 25.1. The quantitative estimate of drug-likeness (QED) is 0.807. The van der Waals surface area contributed by atoms with Gasteiger partial charge in [0.05, 0.1) is 12.7 Å². The van der Waals surface area contributed by atoms with E-state index in [9.17, 15) is 5.11 Å². The molecule has 0 saturated carbocycles. The van der Waals surface area contributed by atoms with Gasteiger partial charge in [-0.05, 0) is 30.9 Å². The number of aryl methyl sites for hydroxylation is 1. The summed E-state index contributed by atoms with van der Waals surface area (Å²) in [4.78, 5) is 6.59. The predicted octanol–water partition coefficient (Wildman–Crippen LogP) is 1.09. The Labute approximate surface area is 102 Å². The molecule has 0 aliphatic carbocycles. The lowest BCUT2D eigenvalue weighted by Crippen LogP contribution is -2.43. The molecule has 2 unspecified atom stereocenters. The van der Waals surface area contributed by atoms with Crippen LogP contribution in [0.2, 0.25) is 0 Å². The third-order valence-corrected chi connectivity index (χ3v) is 3.59. The van der Waals surface area contributed by atoms with E-state index in [0.29, 0.717) is 12.5 Å². The Morgan fingerprint density at radius 1 is 1.47 bits per heavy atom. The molecule has 2 rings (SSSR count). The van der Waals surface area contributed by atoms with Crippen LogP contribution in [0.1, 0.15) is 24.6 Å². The molecule has 1 fully saturated rings. The molecule has 4 heteroatoms. The summed E-state index contributed by atoms with van der Waals surface area (Å²) in [5.41, 5.74) is 1.72. The number of hydrogen-bond acceptors (Lipinski definition) is 4. The topological polar surface area (TPSA) is 56.6 Å². The Hall–Kier alpha value is -1.13. The number of aliphatic hydroxyl groups is 2. The number of β-amino-alcohol motifs (C(OH)–C–C–N with tert-alkyl or cyclic N) is 1. The molecule has 2 atom stereocenters. The molecule has 4 nitrogen and oxygen atoms in total.